The smallest absolute Gasteiger partial charge is 0.236 e. The van der Waals surface area contributed by atoms with Gasteiger partial charge in [0.05, 0.1) is 6.04 Å². The Kier molecular flexibility index (Phi) is 7.48. The average molecular weight is 200 g/mol. The molecule has 0 spiro atoms. The van der Waals surface area contributed by atoms with E-state index in [1.165, 1.54) is 0 Å². The van der Waals surface area contributed by atoms with Crippen LogP contribution in [0.15, 0.2) is 0 Å². The highest BCUT2D eigenvalue weighted by atomic mass is 16.2. The summed E-state index contributed by atoms with van der Waals surface area (Å²) in [5, 5.41) is 6.08. The summed E-state index contributed by atoms with van der Waals surface area (Å²) in [6.45, 7) is 10.0. The molecule has 3 heteroatoms. The minimum absolute atomic E-state index is 0.0692. The lowest BCUT2D eigenvalue weighted by atomic mass is 10.1. The van der Waals surface area contributed by atoms with E-state index in [9.17, 15) is 4.79 Å². The van der Waals surface area contributed by atoms with Gasteiger partial charge in [-0.1, -0.05) is 20.8 Å². The molecular weight excluding hydrogens is 176 g/mol. The lowest BCUT2D eigenvalue weighted by Gasteiger charge is -2.14. The number of amides is 1. The minimum atomic E-state index is -0.0692. The molecule has 0 aliphatic carbocycles. The van der Waals surface area contributed by atoms with Gasteiger partial charge in [0.1, 0.15) is 0 Å². The lowest BCUT2D eigenvalue weighted by Crippen LogP contribution is -2.42. The first kappa shape index (κ1) is 13.4. The van der Waals surface area contributed by atoms with Crippen molar-refractivity contribution in [2.75, 3.05) is 13.1 Å². The second-order valence-electron chi connectivity index (χ2n) is 4.15. The van der Waals surface area contributed by atoms with Crippen LogP contribution in [0.25, 0.3) is 0 Å². The first-order valence-electron chi connectivity index (χ1n) is 5.59. The lowest BCUT2D eigenvalue weighted by molar-refractivity contribution is -0.122. The van der Waals surface area contributed by atoms with E-state index >= 15 is 0 Å². The Morgan fingerprint density at radius 3 is 2.36 bits per heavy atom. The first-order chi connectivity index (χ1) is 6.57. The van der Waals surface area contributed by atoms with Gasteiger partial charge in [0, 0.05) is 6.54 Å². The molecule has 0 aromatic carbocycles. The Bertz CT molecular complexity index is 157. The summed E-state index contributed by atoms with van der Waals surface area (Å²) in [4.78, 5) is 11.4. The Labute approximate surface area is 87.6 Å². The van der Waals surface area contributed by atoms with E-state index in [1.54, 1.807) is 0 Å². The summed E-state index contributed by atoms with van der Waals surface area (Å²) in [6, 6.07) is -0.0692. The number of rotatable bonds is 7. The van der Waals surface area contributed by atoms with Crippen LogP contribution in [-0.2, 0) is 4.79 Å². The van der Waals surface area contributed by atoms with E-state index in [0.717, 1.165) is 25.9 Å². The van der Waals surface area contributed by atoms with E-state index in [2.05, 4.69) is 31.4 Å². The molecule has 1 unspecified atom stereocenters. The Balaban J connectivity index is 3.51. The summed E-state index contributed by atoms with van der Waals surface area (Å²) in [7, 11) is 0. The van der Waals surface area contributed by atoms with Crippen LogP contribution in [0.4, 0.5) is 0 Å². The molecule has 0 aliphatic rings. The van der Waals surface area contributed by atoms with Crippen LogP contribution in [0, 0.1) is 5.92 Å². The maximum Gasteiger partial charge on any atom is 0.236 e. The molecule has 0 radical (unpaired) electrons. The van der Waals surface area contributed by atoms with Crippen LogP contribution in [-0.4, -0.2) is 25.0 Å². The van der Waals surface area contributed by atoms with Crippen molar-refractivity contribution in [1.29, 1.82) is 0 Å². The van der Waals surface area contributed by atoms with Crippen molar-refractivity contribution in [2.45, 2.75) is 46.6 Å². The van der Waals surface area contributed by atoms with Gasteiger partial charge in [-0.05, 0) is 32.2 Å². The van der Waals surface area contributed by atoms with Crippen molar-refractivity contribution in [2.24, 2.45) is 5.92 Å². The van der Waals surface area contributed by atoms with Gasteiger partial charge in [-0.15, -0.1) is 0 Å². The molecule has 84 valence electrons. The second kappa shape index (κ2) is 7.80. The summed E-state index contributed by atoms with van der Waals surface area (Å²) in [5.74, 6) is 0.795. The molecule has 0 rings (SSSR count). The van der Waals surface area contributed by atoms with E-state index < -0.39 is 0 Å². The van der Waals surface area contributed by atoms with Crippen LogP contribution in [0.5, 0.6) is 0 Å². The molecule has 0 bridgehead atoms. The van der Waals surface area contributed by atoms with Gasteiger partial charge in [0.25, 0.3) is 0 Å². The summed E-state index contributed by atoms with van der Waals surface area (Å²) in [5.41, 5.74) is 0. The SMILES string of the molecule is CCCNC(=O)C(C)NCCC(C)C. The molecule has 0 saturated carbocycles. The van der Waals surface area contributed by atoms with Crippen molar-refractivity contribution < 1.29 is 4.79 Å². The highest BCUT2D eigenvalue weighted by Crippen LogP contribution is 1.97. The van der Waals surface area contributed by atoms with Crippen molar-refractivity contribution >= 4 is 5.91 Å². The van der Waals surface area contributed by atoms with Crippen LogP contribution < -0.4 is 10.6 Å². The fourth-order valence-corrected chi connectivity index (χ4v) is 1.08. The molecule has 0 aliphatic heterocycles. The normalized spacial score (nSPS) is 12.9. The summed E-state index contributed by atoms with van der Waals surface area (Å²) in [6.07, 6.45) is 2.11. The maximum absolute atomic E-state index is 11.4. The fraction of sp³-hybridized carbons (Fsp3) is 0.909. The van der Waals surface area contributed by atoms with E-state index in [1.807, 2.05) is 6.92 Å². The second-order valence-corrected chi connectivity index (χ2v) is 4.15. The van der Waals surface area contributed by atoms with Gasteiger partial charge < -0.3 is 10.6 Å². The quantitative estimate of drug-likeness (QED) is 0.654. The molecule has 14 heavy (non-hydrogen) atoms. The number of nitrogens with one attached hydrogen (secondary N) is 2. The minimum Gasteiger partial charge on any atom is -0.355 e. The third-order valence-corrected chi connectivity index (χ3v) is 2.11. The summed E-state index contributed by atoms with van der Waals surface area (Å²) >= 11 is 0. The predicted octanol–water partition coefficient (Wildman–Crippen LogP) is 1.54. The van der Waals surface area contributed by atoms with Crippen molar-refractivity contribution in [3.63, 3.8) is 0 Å². The van der Waals surface area contributed by atoms with E-state index in [4.69, 9.17) is 0 Å². The predicted molar refractivity (Wildman–Crippen MR) is 60.2 cm³/mol. The van der Waals surface area contributed by atoms with Gasteiger partial charge in [0.15, 0.2) is 0 Å². The molecule has 1 atom stereocenters. The van der Waals surface area contributed by atoms with Crippen molar-refractivity contribution in [1.82, 2.24) is 10.6 Å². The topological polar surface area (TPSA) is 41.1 Å². The number of hydrogen-bond acceptors (Lipinski definition) is 2. The molecular formula is C11H24N2O. The van der Waals surface area contributed by atoms with Crippen LogP contribution >= 0.6 is 0 Å². The van der Waals surface area contributed by atoms with E-state index in [-0.39, 0.29) is 11.9 Å². The standard InChI is InChI=1S/C11H24N2O/c1-5-7-13-11(14)10(4)12-8-6-9(2)3/h9-10,12H,5-8H2,1-4H3,(H,13,14). The number of carbonyl (C=O) groups excluding carboxylic acids is 1. The molecule has 1 amide bonds. The van der Waals surface area contributed by atoms with Gasteiger partial charge in [0.2, 0.25) is 5.91 Å². The number of hydrogen-bond donors (Lipinski definition) is 2. The largest absolute Gasteiger partial charge is 0.355 e. The third kappa shape index (κ3) is 6.89. The van der Waals surface area contributed by atoms with Crippen molar-refractivity contribution in [3.05, 3.63) is 0 Å². The molecule has 3 nitrogen and oxygen atoms in total. The molecule has 0 heterocycles. The first-order valence-corrected chi connectivity index (χ1v) is 5.59. The molecule has 0 saturated heterocycles. The Morgan fingerprint density at radius 2 is 1.86 bits per heavy atom. The monoisotopic (exact) mass is 200 g/mol. The highest BCUT2D eigenvalue weighted by molar-refractivity contribution is 5.81. The Hall–Kier alpha value is -0.570. The Morgan fingerprint density at radius 1 is 1.21 bits per heavy atom. The molecule has 0 aromatic heterocycles. The van der Waals surface area contributed by atoms with Crippen LogP contribution in [0.2, 0.25) is 0 Å². The molecule has 0 aromatic rings. The zero-order valence-electron chi connectivity index (χ0n) is 9.89. The van der Waals surface area contributed by atoms with E-state index in [0.29, 0.717) is 5.92 Å². The fourth-order valence-electron chi connectivity index (χ4n) is 1.08. The van der Waals surface area contributed by atoms with Gasteiger partial charge in [-0.3, -0.25) is 4.79 Å². The van der Waals surface area contributed by atoms with Gasteiger partial charge in [-0.2, -0.15) is 0 Å². The zero-order chi connectivity index (χ0) is 11.0. The third-order valence-electron chi connectivity index (χ3n) is 2.11. The average Bonchev–Trinajstić information content (AvgIpc) is 2.13. The van der Waals surface area contributed by atoms with Crippen LogP contribution in [0.1, 0.15) is 40.5 Å². The van der Waals surface area contributed by atoms with Crippen molar-refractivity contribution in [3.8, 4) is 0 Å². The zero-order valence-corrected chi connectivity index (χ0v) is 9.89. The molecule has 2 N–H and O–H groups in total. The van der Waals surface area contributed by atoms with Crippen LogP contribution in [0.3, 0.4) is 0 Å². The summed E-state index contributed by atoms with van der Waals surface area (Å²) < 4.78 is 0. The molecule has 0 fully saturated rings. The van der Waals surface area contributed by atoms with Gasteiger partial charge in [-0.25, -0.2) is 0 Å². The highest BCUT2D eigenvalue weighted by Gasteiger charge is 2.10. The maximum atomic E-state index is 11.4. The van der Waals surface area contributed by atoms with Gasteiger partial charge >= 0.3 is 0 Å². The number of carbonyl (C=O) groups is 1.